The molecule has 0 aliphatic carbocycles. The molecule has 0 unspecified atom stereocenters. The van der Waals surface area contributed by atoms with Crippen molar-refractivity contribution in [2.24, 2.45) is 0 Å². The Bertz CT molecular complexity index is 986. The van der Waals surface area contributed by atoms with Gasteiger partial charge < -0.3 is 4.74 Å². The minimum atomic E-state index is -3.84. The molecule has 1 aromatic carbocycles. The molecule has 140 valence electrons. The molecule has 0 spiro atoms. The summed E-state index contributed by atoms with van der Waals surface area (Å²) >= 11 is 1.50. The summed E-state index contributed by atoms with van der Waals surface area (Å²) in [5, 5.41) is 3.81. The van der Waals surface area contributed by atoms with Crippen LogP contribution >= 0.6 is 11.3 Å². The number of rotatable bonds is 7. The van der Waals surface area contributed by atoms with Crippen LogP contribution in [0.15, 0.2) is 70.5 Å². The molecule has 0 aliphatic rings. The van der Waals surface area contributed by atoms with E-state index in [0.717, 1.165) is 5.56 Å². The van der Waals surface area contributed by atoms with Gasteiger partial charge in [-0.2, -0.15) is 11.3 Å². The molecule has 2 heterocycles. The zero-order valence-corrected chi connectivity index (χ0v) is 16.2. The Morgan fingerprint density at radius 2 is 1.96 bits per heavy atom. The third kappa shape index (κ3) is 4.35. The van der Waals surface area contributed by atoms with E-state index in [1.54, 1.807) is 25.3 Å². The lowest BCUT2D eigenvalue weighted by molar-refractivity contribution is 0.0526. The molecule has 0 amide bonds. The fraction of sp³-hybridized carbons (Fsp3) is 0.158. The number of sulfonamides is 1. The number of esters is 1. The molecule has 0 N–H and O–H groups in total. The van der Waals surface area contributed by atoms with Gasteiger partial charge >= 0.3 is 5.97 Å². The number of hydrogen-bond donors (Lipinski definition) is 0. The Kier molecular flexibility index (Phi) is 5.88. The van der Waals surface area contributed by atoms with Crippen molar-refractivity contribution in [2.45, 2.75) is 18.4 Å². The lowest BCUT2D eigenvalue weighted by Crippen LogP contribution is -2.30. The van der Waals surface area contributed by atoms with Gasteiger partial charge in [0.2, 0.25) is 0 Å². The lowest BCUT2D eigenvalue weighted by Gasteiger charge is -2.24. The Labute approximate surface area is 162 Å². The van der Waals surface area contributed by atoms with Gasteiger partial charge in [-0.05, 0) is 65.7 Å². The van der Waals surface area contributed by atoms with Crippen LogP contribution < -0.4 is 4.31 Å². The summed E-state index contributed by atoms with van der Waals surface area (Å²) in [5.74, 6) is -0.483. The van der Waals surface area contributed by atoms with Crippen LogP contribution in [0.2, 0.25) is 0 Å². The molecule has 0 aliphatic heterocycles. The molecule has 0 fully saturated rings. The number of carbonyl (C=O) groups excluding carboxylic acids is 1. The molecule has 6 nitrogen and oxygen atoms in total. The fourth-order valence-corrected chi connectivity index (χ4v) is 4.57. The number of thiophene rings is 1. The van der Waals surface area contributed by atoms with Crippen molar-refractivity contribution in [3.05, 3.63) is 76.7 Å². The molecule has 3 aromatic rings. The molecule has 27 heavy (non-hydrogen) atoms. The van der Waals surface area contributed by atoms with Crippen molar-refractivity contribution < 1.29 is 17.9 Å². The van der Waals surface area contributed by atoms with Crippen molar-refractivity contribution in [3.8, 4) is 0 Å². The van der Waals surface area contributed by atoms with Crippen LogP contribution in [0.1, 0.15) is 22.8 Å². The standard InChI is InChI=1S/C19H18N2O4S2/c1-2-25-19(22)16-5-7-18(8-6-16)27(23,24)21(13-15-9-11-26-14-15)17-4-3-10-20-12-17/h3-12,14H,2,13H2,1H3. The van der Waals surface area contributed by atoms with Gasteiger partial charge in [0.1, 0.15) is 0 Å². The Hall–Kier alpha value is -2.71. The van der Waals surface area contributed by atoms with Crippen LogP contribution in [0, 0.1) is 0 Å². The second-order valence-corrected chi connectivity index (χ2v) is 8.24. The molecule has 0 bridgehead atoms. The smallest absolute Gasteiger partial charge is 0.338 e. The molecule has 0 atom stereocenters. The maximum absolute atomic E-state index is 13.3. The number of benzene rings is 1. The zero-order valence-electron chi connectivity index (χ0n) is 14.6. The van der Waals surface area contributed by atoms with E-state index in [2.05, 4.69) is 4.98 Å². The SMILES string of the molecule is CCOC(=O)c1ccc(S(=O)(=O)N(Cc2ccsc2)c2cccnc2)cc1. The van der Waals surface area contributed by atoms with E-state index in [-0.39, 0.29) is 18.0 Å². The number of anilines is 1. The van der Waals surface area contributed by atoms with E-state index in [4.69, 9.17) is 4.74 Å². The minimum absolute atomic E-state index is 0.0923. The van der Waals surface area contributed by atoms with E-state index >= 15 is 0 Å². The maximum Gasteiger partial charge on any atom is 0.338 e. The Balaban J connectivity index is 1.96. The van der Waals surface area contributed by atoms with Crippen LogP contribution in [0.5, 0.6) is 0 Å². The highest BCUT2D eigenvalue weighted by Gasteiger charge is 2.26. The first-order valence-electron chi connectivity index (χ1n) is 8.23. The maximum atomic E-state index is 13.3. The normalized spacial score (nSPS) is 11.1. The van der Waals surface area contributed by atoms with E-state index < -0.39 is 16.0 Å². The predicted molar refractivity (Wildman–Crippen MR) is 104 cm³/mol. The first-order chi connectivity index (χ1) is 13.0. The molecule has 0 radical (unpaired) electrons. The number of hydrogen-bond acceptors (Lipinski definition) is 6. The molecule has 0 saturated heterocycles. The van der Waals surface area contributed by atoms with E-state index in [1.807, 2.05) is 16.8 Å². The molecular formula is C19H18N2O4S2. The van der Waals surface area contributed by atoms with Crippen LogP contribution in [0.25, 0.3) is 0 Å². The summed E-state index contributed by atoms with van der Waals surface area (Å²) in [6.45, 7) is 2.17. The second-order valence-electron chi connectivity index (χ2n) is 5.60. The minimum Gasteiger partial charge on any atom is -0.462 e. The summed E-state index contributed by atoms with van der Waals surface area (Å²) < 4.78 is 32.7. The average molecular weight is 402 g/mol. The number of pyridine rings is 1. The van der Waals surface area contributed by atoms with Gasteiger partial charge in [0, 0.05) is 6.20 Å². The molecule has 0 saturated carbocycles. The summed E-state index contributed by atoms with van der Waals surface area (Å²) in [5.41, 5.74) is 1.66. The van der Waals surface area contributed by atoms with Crippen LogP contribution in [0.4, 0.5) is 5.69 Å². The van der Waals surface area contributed by atoms with Gasteiger partial charge in [0.05, 0.1) is 35.5 Å². The summed E-state index contributed by atoms with van der Waals surface area (Å²) in [7, 11) is -3.84. The van der Waals surface area contributed by atoms with Crippen LogP contribution in [-0.2, 0) is 21.3 Å². The molecular weight excluding hydrogens is 384 g/mol. The second kappa shape index (κ2) is 8.32. The highest BCUT2D eigenvalue weighted by molar-refractivity contribution is 7.92. The van der Waals surface area contributed by atoms with Crippen molar-refractivity contribution in [1.29, 1.82) is 0 Å². The van der Waals surface area contributed by atoms with Gasteiger partial charge in [-0.15, -0.1) is 0 Å². The first-order valence-corrected chi connectivity index (χ1v) is 10.6. The highest BCUT2D eigenvalue weighted by atomic mass is 32.2. The quantitative estimate of drug-likeness (QED) is 0.563. The van der Waals surface area contributed by atoms with Crippen LogP contribution in [-0.4, -0.2) is 26.0 Å². The average Bonchev–Trinajstić information content (AvgIpc) is 3.20. The fourth-order valence-electron chi connectivity index (χ4n) is 2.47. The first kappa shape index (κ1) is 19.1. The van der Waals surface area contributed by atoms with Gasteiger partial charge in [0.15, 0.2) is 0 Å². The van der Waals surface area contributed by atoms with Crippen molar-refractivity contribution >= 4 is 33.0 Å². The lowest BCUT2D eigenvalue weighted by atomic mass is 10.2. The third-order valence-electron chi connectivity index (χ3n) is 3.79. The summed E-state index contributed by atoms with van der Waals surface area (Å²) in [6, 6.07) is 11.0. The molecule has 3 rings (SSSR count). The predicted octanol–water partition coefficient (Wildman–Crippen LogP) is 3.72. The van der Waals surface area contributed by atoms with Crippen molar-refractivity contribution in [3.63, 3.8) is 0 Å². The van der Waals surface area contributed by atoms with Gasteiger partial charge in [-0.25, -0.2) is 13.2 Å². The molecule has 2 aromatic heterocycles. The van der Waals surface area contributed by atoms with Gasteiger partial charge in [0.25, 0.3) is 10.0 Å². The number of carbonyl (C=O) groups is 1. The van der Waals surface area contributed by atoms with Crippen LogP contribution in [0.3, 0.4) is 0 Å². The van der Waals surface area contributed by atoms with Crippen molar-refractivity contribution in [2.75, 3.05) is 10.9 Å². The number of ether oxygens (including phenoxy) is 1. The number of aromatic nitrogens is 1. The van der Waals surface area contributed by atoms with E-state index in [0.29, 0.717) is 11.3 Å². The monoisotopic (exact) mass is 402 g/mol. The van der Waals surface area contributed by atoms with Gasteiger partial charge in [-0.1, -0.05) is 0 Å². The summed E-state index contributed by atoms with van der Waals surface area (Å²) in [6.07, 6.45) is 3.10. The Morgan fingerprint density at radius 1 is 1.19 bits per heavy atom. The topological polar surface area (TPSA) is 76.6 Å². The van der Waals surface area contributed by atoms with E-state index in [9.17, 15) is 13.2 Å². The summed E-state index contributed by atoms with van der Waals surface area (Å²) in [4.78, 5) is 15.9. The van der Waals surface area contributed by atoms with E-state index in [1.165, 1.54) is 46.1 Å². The van der Waals surface area contributed by atoms with Gasteiger partial charge in [-0.3, -0.25) is 9.29 Å². The van der Waals surface area contributed by atoms with Crippen molar-refractivity contribution in [1.82, 2.24) is 4.98 Å². The highest BCUT2D eigenvalue weighted by Crippen LogP contribution is 2.26. The molecule has 8 heteroatoms. The zero-order chi connectivity index (χ0) is 19.3. The largest absolute Gasteiger partial charge is 0.462 e. The number of nitrogens with zero attached hydrogens (tertiary/aromatic N) is 2. The third-order valence-corrected chi connectivity index (χ3v) is 6.31. The Morgan fingerprint density at radius 3 is 2.56 bits per heavy atom.